The van der Waals surface area contributed by atoms with Gasteiger partial charge in [0.15, 0.2) is 0 Å². The van der Waals surface area contributed by atoms with Gasteiger partial charge in [-0.3, -0.25) is 9.97 Å². The van der Waals surface area contributed by atoms with E-state index in [0.29, 0.717) is 21.5 Å². The number of rotatable bonds is 2. The third kappa shape index (κ3) is 3.00. The Labute approximate surface area is 134 Å². The lowest BCUT2D eigenvalue weighted by atomic mass is 10.00. The summed E-state index contributed by atoms with van der Waals surface area (Å²) in [6.45, 7) is 0. The van der Waals surface area contributed by atoms with Gasteiger partial charge < -0.3 is 5.73 Å². The summed E-state index contributed by atoms with van der Waals surface area (Å²) in [5.74, 6) is 0. The van der Waals surface area contributed by atoms with Gasteiger partial charge in [0, 0.05) is 22.8 Å². The van der Waals surface area contributed by atoms with Gasteiger partial charge in [-0.25, -0.2) is 0 Å². The summed E-state index contributed by atoms with van der Waals surface area (Å²) in [6.07, 6.45) is -1.80. The van der Waals surface area contributed by atoms with Crippen molar-refractivity contribution < 1.29 is 13.2 Å². The summed E-state index contributed by atoms with van der Waals surface area (Å²) in [7, 11) is 0. The average molecular weight is 338 g/mol. The highest BCUT2D eigenvalue weighted by Gasteiger charge is 2.35. The molecule has 7 heteroatoms. The van der Waals surface area contributed by atoms with Crippen LogP contribution in [0.25, 0.3) is 10.9 Å². The molecule has 118 valence electrons. The molecule has 0 fully saturated rings. The fraction of sp³-hybridized carbons (Fsp3) is 0.125. The van der Waals surface area contributed by atoms with Crippen LogP contribution in [0.1, 0.15) is 22.9 Å². The monoisotopic (exact) mass is 337 g/mol. The lowest BCUT2D eigenvalue weighted by Crippen LogP contribution is -2.20. The van der Waals surface area contributed by atoms with E-state index in [1.807, 2.05) is 0 Å². The van der Waals surface area contributed by atoms with Gasteiger partial charge in [0.25, 0.3) is 0 Å². The Balaban J connectivity index is 2.11. The van der Waals surface area contributed by atoms with Crippen molar-refractivity contribution in [2.24, 2.45) is 5.73 Å². The van der Waals surface area contributed by atoms with Gasteiger partial charge in [-0.05, 0) is 35.9 Å². The summed E-state index contributed by atoms with van der Waals surface area (Å²) in [5, 5.41) is 1.09. The van der Waals surface area contributed by atoms with E-state index in [4.69, 9.17) is 17.3 Å². The lowest BCUT2D eigenvalue weighted by Gasteiger charge is -2.17. The molecule has 0 radical (unpaired) electrons. The van der Waals surface area contributed by atoms with Crippen LogP contribution in [-0.2, 0) is 6.18 Å². The van der Waals surface area contributed by atoms with Gasteiger partial charge in [0.1, 0.15) is 0 Å². The summed E-state index contributed by atoms with van der Waals surface area (Å²) >= 11 is 6.11. The van der Waals surface area contributed by atoms with Gasteiger partial charge in [0.2, 0.25) is 0 Å². The van der Waals surface area contributed by atoms with Crippen molar-refractivity contribution in [3.8, 4) is 0 Å². The number of halogens is 4. The molecule has 0 saturated heterocycles. The highest BCUT2D eigenvalue weighted by Crippen LogP contribution is 2.35. The molecule has 2 aromatic heterocycles. The van der Waals surface area contributed by atoms with Gasteiger partial charge >= 0.3 is 6.18 Å². The molecule has 0 bridgehead atoms. The molecule has 0 aliphatic heterocycles. The minimum Gasteiger partial charge on any atom is -0.319 e. The van der Waals surface area contributed by atoms with Gasteiger partial charge in [-0.15, -0.1) is 0 Å². The van der Waals surface area contributed by atoms with Crippen molar-refractivity contribution >= 4 is 22.5 Å². The number of alkyl halides is 3. The van der Waals surface area contributed by atoms with Crippen LogP contribution in [0.4, 0.5) is 13.2 Å². The molecular formula is C16H11ClF3N3. The highest BCUT2D eigenvalue weighted by molar-refractivity contribution is 6.35. The quantitative estimate of drug-likeness (QED) is 0.756. The van der Waals surface area contributed by atoms with Crippen molar-refractivity contribution in [2.75, 3.05) is 0 Å². The van der Waals surface area contributed by atoms with E-state index >= 15 is 0 Å². The number of pyridine rings is 2. The topological polar surface area (TPSA) is 51.8 Å². The first kappa shape index (κ1) is 15.7. The minimum atomic E-state index is -4.52. The molecule has 23 heavy (non-hydrogen) atoms. The number of hydrogen-bond acceptors (Lipinski definition) is 3. The van der Waals surface area contributed by atoms with Crippen molar-refractivity contribution in [3.63, 3.8) is 0 Å². The summed E-state index contributed by atoms with van der Waals surface area (Å²) in [4.78, 5) is 8.03. The largest absolute Gasteiger partial charge is 0.418 e. The summed E-state index contributed by atoms with van der Waals surface area (Å²) in [6, 6.07) is 7.97. The van der Waals surface area contributed by atoms with Gasteiger partial charge in [-0.1, -0.05) is 17.7 Å². The number of fused-ring (bicyclic) bond motifs is 1. The fourth-order valence-corrected chi connectivity index (χ4v) is 2.59. The maximum absolute atomic E-state index is 13.1. The smallest absolute Gasteiger partial charge is 0.319 e. The summed E-state index contributed by atoms with van der Waals surface area (Å²) < 4.78 is 39.3. The molecule has 0 spiro atoms. The van der Waals surface area contributed by atoms with Crippen LogP contribution in [0.3, 0.4) is 0 Å². The first-order valence-electron chi connectivity index (χ1n) is 6.70. The normalized spacial score (nSPS) is 13.3. The van der Waals surface area contributed by atoms with Crippen LogP contribution in [0.2, 0.25) is 5.02 Å². The molecule has 2 heterocycles. The maximum atomic E-state index is 13.1. The Kier molecular flexibility index (Phi) is 3.95. The molecule has 3 rings (SSSR count). The van der Waals surface area contributed by atoms with Gasteiger partial charge in [-0.2, -0.15) is 13.2 Å². The number of aromatic nitrogens is 2. The van der Waals surface area contributed by atoms with E-state index in [9.17, 15) is 13.2 Å². The Morgan fingerprint density at radius 2 is 1.87 bits per heavy atom. The third-order valence-corrected chi connectivity index (χ3v) is 3.82. The van der Waals surface area contributed by atoms with Crippen LogP contribution in [0.5, 0.6) is 0 Å². The second kappa shape index (κ2) is 5.79. The zero-order valence-electron chi connectivity index (χ0n) is 11.7. The molecule has 1 atom stereocenters. The van der Waals surface area contributed by atoms with Crippen molar-refractivity contribution in [3.05, 3.63) is 70.6 Å². The molecule has 0 aliphatic rings. The molecule has 2 N–H and O–H groups in total. The Morgan fingerprint density at radius 3 is 2.61 bits per heavy atom. The third-order valence-electron chi connectivity index (χ3n) is 3.49. The Bertz CT molecular complexity index is 865. The molecule has 1 unspecified atom stereocenters. The first-order chi connectivity index (χ1) is 10.9. The minimum absolute atomic E-state index is 0.242. The second-order valence-corrected chi connectivity index (χ2v) is 5.39. The molecule has 0 aliphatic carbocycles. The Morgan fingerprint density at radius 1 is 1.09 bits per heavy atom. The molecular weight excluding hydrogens is 327 g/mol. The second-order valence-electron chi connectivity index (χ2n) is 4.99. The van der Waals surface area contributed by atoms with E-state index in [1.165, 1.54) is 18.5 Å². The van der Waals surface area contributed by atoms with Crippen molar-refractivity contribution in [2.45, 2.75) is 12.2 Å². The maximum Gasteiger partial charge on any atom is 0.418 e. The number of nitrogens with two attached hydrogens (primary N) is 1. The fourth-order valence-electron chi connectivity index (χ4n) is 2.36. The van der Waals surface area contributed by atoms with Crippen LogP contribution in [0, 0.1) is 0 Å². The number of benzene rings is 1. The molecule has 1 aromatic carbocycles. The SMILES string of the molecule is NC(c1cnc2cccc(Cl)c2c1)c1ncccc1C(F)(F)F. The van der Waals surface area contributed by atoms with E-state index in [-0.39, 0.29) is 5.69 Å². The zero-order valence-corrected chi connectivity index (χ0v) is 12.4. The zero-order chi connectivity index (χ0) is 16.6. The standard InChI is InChI=1S/C16H11ClF3N3/c17-12-4-1-5-13-10(12)7-9(8-23-13)14(21)15-11(16(18,19)20)3-2-6-22-15/h1-8,14H,21H2. The van der Waals surface area contributed by atoms with Crippen LogP contribution >= 0.6 is 11.6 Å². The van der Waals surface area contributed by atoms with E-state index < -0.39 is 17.8 Å². The van der Waals surface area contributed by atoms with E-state index in [0.717, 1.165) is 6.07 Å². The summed E-state index contributed by atoms with van der Waals surface area (Å²) in [5.41, 5.74) is 5.97. The van der Waals surface area contributed by atoms with E-state index in [1.54, 1.807) is 24.3 Å². The molecule has 3 aromatic rings. The predicted molar refractivity (Wildman–Crippen MR) is 82.0 cm³/mol. The van der Waals surface area contributed by atoms with Crippen LogP contribution in [-0.4, -0.2) is 9.97 Å². The van der Waals surface area contributed by atoms with Crippen molar-refractivity contribution in [1.29, 1.82) is 0 Å². The first-order valence-corrected chi connectivity index (χ1v) is 7.07. The van der Waals surface area contributed by atoms with Crippen LogP contribution < -0.4 is 5.73 Å². The lowest BCUT2D eigenvalue weighted by molar-refractivity contribution is -0.138. The van der Waals surface area contributed by atoms with E-state index in [2.05, 4.69) is 9.97 Å². The van der Waals surface area contributed by atoms with Crippen molar-refractivity contribution in [1.82, 2.24) is 9.97 Å². The molecule has 0 amide bonds. The highest BCUT2D eigenvalue weighted by atomic mass is 35.5. The van der Waals surface area contributed by atoms with Crippen LogP contribution in [0.15, 0.2) is 48.8 Å². The predicted octanol–water partition coefficient (Wildman–Crippen LogP) is 4.35. The molecule has 3 nitrogen and oxygen atoms in total. The number of hydrogen-bond donors (Lipinski definition) is 1. The average Bonchev–Trinajstić information content (AvgIpc) is 2.53. The Hall–Kier alpha value is -2.18. The number of nitrogens with zero attached hydrogens (tertiary/aromatic N) is 2. The molecule has 0 saturated carbocycles. The van der Waals surface area contributed by atoms with Gasteiger partial charge in [0.05, 0.1) is 22.8 Å².